The summed E-state index contributed by atoms with van der Waals surface area (Å²) in [7, 11) is 0. The van der Waals surface area contributed by atoms with Gasteiger partial charge in [-0.1, -0.05) is 30.3 Å². The Labute approximate surface area is 167 Å². The molecule has 6 nitrogen and oxygen atoms in total. The van der Waals surface area contributed by atoms with Crippen molar-refractivity contribution in [2.45, 2.75) is 38.4 Å². The molecule has 0 amide bonds. The number of ketones is 2. The van der Waals surface area contributed by atoms with Crippen LogP contribution in [0.2, 0.25) is 0 Å². The molecule has 1 aromatic carbocycles. The van der Waals surface area contributed by atoms with Gasteiger partial charge >= 0.3 is 5.97 Å². The van der Waals surface area contributed by atoms with Gasteiger partial charge in [-0.05, 0) is 32.4 Å². The fourth-order valence-electron chi connectivity index (χ4n) is 3.79. The number of esters is 1. The van der Waals surface area contributed by atoms with Crippen molar-refractivity contribution in [3.05, 3.63) is 82.4 Å². The minimum atomic E-state index is -1.57. The van der Waals surface area contributed by atoms with Crippen molar-refractivity contribution in [1.82, 2.24) is 0 Å². The molecule has 1 aromatic rings. The molecule has 148 valence electrons. The van der Waals surface area contributed by atoms with Gasteiger partial charge in [0.25, 0.3) is 0 Å². The molecule has 4 rings (SSSR count). The number of Topliss-reactive ketones (excluding diaryl/α,β-unsaturated/α-hetero) is 1. The Morgan fingerprint density at radius 1 is 1.14 bits per heavy atom. The van der Waals surface area contributed by atoms with Crippen LogP contribution in [0.25, 0.3) is 0 Å². The van der Waals surface area contributed by atoms with E-state index < -0.39 is 34.5 Å². The van der Waals surface area contributed by atoms with Crippen LogP contribution in [0.15, 0.2) is 76.8 Å². The van der Waals surface area contributed by atoms with E-state index in [1.165, 1.54) is 13.2 Å². The lowest BCUT2D eigenvalue weighted by Gasteiger charge is -2.37. The molecule has 0 saturated carbocycles. The zero-order valence-electron chi connectivity index (χ0n) is 16.3. The molecule has 0 fully saturated rings. The molecule has 2 aliphatic heterocycles. The first kappa shape index (κ1) is 18.9. The zero-order chi connectivity index (χ0) is 21.0. The molecule has 0 bridgehead atoms. The van der Waals surface area contributed by atoms with Crippen LogP contribution in [0.3, 0.4) is 0 Å². The SMILES string of the molecule is CC1(C)CC2=CC3=C(/C(O)=C/C(=O)c4ccccc4)C(=O)OC3(C)C(=O)C2=CO1. The van der Waals surface area contributed by atoms with Crippen molar-refractivity contribution in [2.75, 3.05) is 0 Å². The van der Waals surface area contributed by atoms with E-state index in [4.69, 9.17) is 9.47 Å². The first-order valence-corrected chi connectivity index (χ1v) is 9.25. The van der Waals surface area contributed by atoms with Gasteiger partial charge in [-0.25, -0.2) is 4.79 Å². The number of carbonyl (C=O) groups excluding carboxylic acids is 3. The molecule has 0 saturated heterocycles. The number of hydrogen-bond acceptors (Lipinski definition) is 6. The number of hydrogen-bond donors (Lipinski definition) is 1. The highest BCUT2D eigenvalue weighted by Gasteiger charge is 2.54. The molecule has 3 aliphatic rings. The summed E-state index contributed by atoms with van der Waals surface area (Å²) in [6.45, 7) is 5.26. The third-order valence-electron chi connectivity index (χ3n) is 5.32. The molecule has 1 atom stereocenters. The second kappa shape index (κ2) is 6.30. The van der Waals surface area contributed by atoms with Crippen LogP contribution in [-0.4, -0.2) is 33.8 Å². The van der Waals surface area contributed by atoms with Gasteiger partial charge in [0.2, 0.25) is 5.78 Å². The number of aliphatic hydroxyl groups is 1. The third kappa shape index (κ3) is 3.01. The van der Waals surface area contributed by atoms with E-state index in [0.717, 1.165) is 6.08 Å². The summed E-state index contributed by atoms with van der Waals surface area (Å²) >= 11 is 0. The van der Waals surface area contributed by atoms with Gasteiger partial charge in [-0.15, -0.1) is 0 Å². The molecule has 29 heavy (non-hydrogen) atoms. The van der Waals surface area contributed by atoms with Crippen LogP contribution < -0.4 is 0 Å². The Morgan fingerprint density at radius 2 is 1.83 bits per heavy atom. The molecule has 6 heteroatoms. The Morgan fingerprint density at radius 3 is 2.52 bits per heavy atom. The maximum Gasteiger partial charge on any atom is 0.343 e. The van der Waals surface area contributed by atoms with Crippen LogP contribution in [0.4, 0.5) is 0 Å². The van der Waals surface area contributed by atoms with Gasteiger partial charge in [-0.3, -0.25) is 9.59 Å². The molecule has 1 aliphatic carbocycles. The highest BCUT2D eigenvalue weighted by Crippen LogP contribution is 2.46. The van der Waals surface area contributed by atoms with Crippen LogP contribution in [-0.2, 0) is 19.1 Å². The van der Waals surface area contributed by atoms with Crippen molar-refractivity contribution in [2.24, 2.45) is 0 Å². The molecular weight excluding hydrogens is 372 g/mol. The Bertz CT molecular complexity index is 1070. The number of allylic oxidation sites excluding steroid dienone is 1. The fraction of sp³-hybridized carbons (Fsp3) is 0.261. The zero-order valence-corrected chi connectivity index (χ0v) is 16.3. The van der Waals surface area contributed by atoms with E-state index in [1.54, 1.807) is 36.4 Å². The summed E-state index contributed by atoms with van der Waals surface area (Å²) in [5, 5.41) is 10.6. The topological polar surface area (TPSA) is 89.9 Å². The Kier molecular flexibility index (Phi) is 4.12. The number of fused-ring (bicyclic) bond motifs is 2. The predicted octanol–water partition coefficient (Wildman–Crippen LogP) is 3.52. The van der Waals surface area contributed by atoms with Crippen molar-refractivity contribution >= 4 is 17.5 Å². The highest BCUT2D eigenvalue weighted by atomic mass is 16.6. The molecule has 0 radical (unpaired) electrons. The number of benzene rings is 1. The van der Waals surface area contributed by atoms with Crippen LogP contribution >= 0.6 is 0 Å². The second-order valence-corrected chi connectivity index (χ2v) is 8.06. The van der Waals surface area contributed by atoms with E-state index in [0.29, 0.717) is 23.1 Å². The van der Waals surface area contributed by atoms with Gasteiger partial charge in [-0.2, -0.15) is 0 Å². The van der Waals surface area contributed by atoms with Gasteiger partial charge in [0, 0.05) is 23.6 Å². The van der Waals surface area contributed by atoms with Crippen molar-refractivity contribution in [3.8, 4) is 0 Å². The summed E-state index contributed by atoms with van der Waals surface area (Å²) < 4.78 is 11.0. The predicted molar refractivity (Wildman–Crippen MR) is 104 cm³/mol. The van der Waals surface area contributed by atoms with E-state index in [-0.39, 0.29) is 11.1 Å². The first-order chi connectivity index (χ1) is 13.6. The van der Waals surface area contributed by atoms with Crippen LogP contribution in [0.1, 0.15) is 37.6 Å². The number of rotatable bonds is 3. The Hall–Kier alpha value is -3.41. The lowest BCUT2D eigenvalue weighted by molar-refractivity contribution is -0.153. The fourth-order valence-corrected chi connectivity index (χ4v) is 3.79. The van der Waals surface area contributed by atoms with Crippen molar-refractivity contribution in [1.29, 1.82) is 0 Å². The summed E-state index contributed by atoms with van der Waals surface area (Å²) in [5.41, 5.74) is -0.551. The number of aliphatic hydroxyl groups excluding tert-OH is 1. The molecule has 2 heterocycles. The van der Waals surface area contributed by atoms with E-state index in [1.807, 2.05) is 13.8 Å². The van der Waals surface area contributed by atoms with E-state index in [2.05, 4.69) is 0 Å². The molecule has 1 unspecified atom stereocenters. The summed E-state index contributed by atoms with van der Waals surface area (Å²) in [6.07, 6.45) is 4.53. The van der Waals surface area contributed by atoms with Crippen LogP contribution in [0.5, 0.6) is 0 Å². The largest absolute Gasteiger partial charge is 0.507 e. The minimum absolute atomic E-state index is 0.166. The Balaban J connectivity index is 1.82. The average molecular weight is 392 g/mol. The molecule has 1 N–H and O–H groups in total. The van der Waals surface area contributed by atoms with Crippen molar-refractivity contribution in [3.63, 3.8) is 0 Å². The average Bonchev–Trinajstić information content (AvgIpc) is 2.92. The second-order valence-electron chi connectivity index (χ2n) is 8.06. The highest BCUT2D eigenvalue weighted by molar-refractivity contribution is 6.16. The minimum Gasteiger partial charge on any atom is -0.507 e. The summed E-state index contributed by atoms with van der Waals surface area (Å²) in [4.78, 5) is 38.0. The maximum absolute atomic E-state index is 13.1. The standard InChI is InChI=1S/C23H20O6/c1-22(2)11-14-9-16-19(18(25)10-17(24)13-7-5-4-6-8-13)21(27)29-23(16,3)20(26)15(14)12-28-22/h4-10,12,25H,11H2,1-3H3/b18-10-. The maximum atomic E-state index is 13.1. The smallest absolute Gasteiger partial charge is 0.343 e. The third-order valence-corrected chi connectivity index (χ3v) is 5.32. The number of carbonyl (C=O) groups is 3. The molecule has 0 aromatic heterocycles. The lowest BCUT2D eigenvalue weighted by Crippen LogP contribution is -2.43. The number of ether oxygens (including phenoxy) is 2. The van der Waals surface area contributed by atoms with E-state index >= 15 is 0 Å². The molecule has 0 spiro atoms. The first-order valence-electron chi connectivity index (χ1n) is 9.25. The van der Waals surface area contributed by atoms with Gasteiger partial charge in [0.15, 0.2) is 11.4 Å². The molecular formula is C23H20O6. The van der Waals surface area contributed by atoms with E-state index in [9.17, 15) is 19.5 Å². The quantitative estimate of drug-likeness (QED) is 0.366. The summed E-state index contributed by atoms with van der Waals surface area (Å²) in [6, 6.07) is 8.38. The normalized spacial score (nSPS) is 25.4. The van der Waals surface area contributed by atoms with Crippen LogP contribution in [0, 0.1) is 0 Å². The summed E-state index contributed by atoms with van der Waals surface area (Å²) in [5.74, 6) is -2.24. The lowest BCUT2D eigenvalue weighted by atomic mass is 9.74. The van der Waals surface area contributed by atoms with Crippen molar-refractivity contribution < 1.29 is 29.0 Å². The monoisotopic (exact) mass is 392 g/mol. The van der Waals surface area contributed by atoms with Gasteiger partial charge in [0.1, 0.15) is 16.9 Å². The van der Waals surface area contributed by atoms with Gasteiger partial charge in [0.05, 0.1) is 11.8 Å². The van der Waals surface area contributed by atoms with Gasteiger partial charge < -0.3 is 14.6 Å².